The maximum atomic E-state index is 11.9. The molecule has 0 aliphatic rings. The molecule has 3 heteroatoms. The molecule has 0 aromatic heterocycles. The molecular formula is C17H28N2O. The summed E-state index contributed by atoms with van der Waals surface area (Å²) in [6, 6.07) is 8.25. The first-order chi connectivity index (χ1) is 9.67. The molecule has 0 aliphatic heterocycles. The zero-order chi connectivity index (χ0) is 14.8. The molecule has 0 fully saturated rings. The van der Waals surface area contributed by atoms with E-state index in [-0.39, 0.29) is 5.91 Å². The zero-order valence-electron chi connectivity index (χ0n) is 13.0. The summed E-state index contributed by atoms with van der Waals surface area (Å²) in [6.45, 7) is 7.96. The van der Waals surface area contributed by atoms with Crippen LogP contribution in [-0.2, 0) is 0 Å². The average molecular weight is 276 g/mol. The third-order valence-corrected chi connectivity index (χ3v) is 3.43. The molecule has 0 saturated carbocycles. The Hall–Kier alpha value is -1.35. The van der Waals surface area contributed by atoms with Crippen molar-refractivity contribution in [3.63, 3.8) is 0 Å². The molecule has 0 heterocycles. The van der Waals surface area contributed by atoms with Crippen molar-refractivity contribution in [1.29, 1.82) is 0 Å². The van der Waals surface area contributed by atoms with E-state index >= 15 is 0 Å². The summed E-state index contributed by atoms with van der Waals surface area (Å²) in [7, 11) is 0. The van der Waals surface area contributed by atoms with Gasteiger partial charge in [0.05, 0.1) is 0 Å². The van der Waals surface area contributed by atoms with Gasteiger partial charge in [0.2, 0.25) is 0 Å². The van der Waals surface area contributed by atoms with Crippen molar-refractivity contribution >= 4 is 5.91 Å². The topological polar surface area (TPSA) is 41.1 Å². The molecule has 0 unspecified atom stereocenters. The van der Waals surface area contributed by atoms with Gasteiger partial charge in [-0.1, -0.05) is 44.4 Å². The van der Waals surface area contributed by atoms with Gasteiger partial charge in [0.1, 0.15) is 0 Å². The molecule has 0 bridgehead atoms. The van der Waals surface area contributed by atoms with Gasteiger partial charge in [-0.2, -0.15) is 0 Å². The van der Waals surface area contributed by atoms with Crippen LogP contribution in [0.1, 0.15) is 55.5 Å². The maximum absolute atomic E-state index is 11.9. The molecule has 0 radical (unpaired) electrons. The molecule has 3 nitrogen and oxygen atoms in total. The maximum Gasteiger partial charge on any atom is 0.251 e. The Morgan fingerprint density at radius 3 is 2.20 bits per heavy atom. The van der Waals surface area contributed by atoms with Crippen molar-refractivity contribution in [3.05, 3.63) is 35.4 Å². The second kappa shape index (κ2) is 9.54. The first kappa shape index (κ1) is 16.7. The van der Waals surface area contributed by atoms with Gasteiger partial charge in [-0.15, -0.1) is 0 Å². The van der Waals surface area contributed by atoms with Gasteiger partial charge in [0.25, 0.3) is 5.91 Å². The van der Waals surface area contributed by atoms with Gasteiger partial charge in [0, 0.05) is 24.7 Å². The Morgan fingerprint density at radius 2 is 1.65 bits per heavy atom. The molecule has 1 aromatic carbocycles. The summed E-state index contributed by atoms with van der Waals surface area (Å²) < 4.78 is 0. The highest BCUT2D eigenvalue weighted by Crippen LogP contribution is 2.04. The van der Waals surface area contributed by atoms with Crippen LogP contribution in [0.2, 0.25) is 0 Å². The fourth-order valence-electron chi connectivity index (χ4n) is 2.30. The number of benzene rings is 1. The minimum absolute atomic E-state index is 0.00864. The van der Waals surface area contributed by atoms with Crippen LogP contribution in [-0.4, -0.2) is 25.0 Å². The van der Waals surface area contributed by atoms with Crippen LogP contribution >= 0.6 is 0 Å². The lowest BCUT2D eigenvalue weighted by atomic mass is 10.1. The molecule has 20 heavy (non-hydrogen) atoms. The van der Waals surface area contributed by atoms with Gasteiger partial charge in [-0.25, -0.2) is 0 Å². The number of aryl methyl sites for hydroxylation is 1. The smallest absolute Gasteiger partial charge is 0.251 e. The number of amides is 1. The molecule has 1 rings (SSSR count). The highest BCUT2D eigenvalue weighted by Gasteiger charge is 2.06. The molecule has 112 valence electrons. The molecule has 0 saturated heterocycles. The average Bonchev–Trinajstić information content (AvgIpc) is 2.44. The molecular weight excluding hydrogens is 248 g/mol. The van der Waals surface area contributed by atoms with Gasteiger partial charge in [-0.3, -0.25) is 4.79 Å². The predicted molar refractivity (Wildman–Crippen MR) is 85.1 cm³/mol. The summed E-state index contributed by atoms with van der Waals surface area (Å²) in [4.78, 5) is 11.9. The molecule has 0 atom stereocenters. The van der Waals surface area contributed by atoms with Gasteiger partial charge < -0.3 is 10.6 Å². The minimum Gasteiger partial charge on any atom is -0.351 e. The Balaban J connectivity index is 2.26. The van der Waals surface area contributed by atoms with Crippen molar-refractivity contribution in [1.82, 2.24) is 10.6 Å². The molecule has 1 aromatic rings. The molecule has 2 N–H and O–H groups in total. The van der Waals surface area contributed by atoms with Crippen molar-refractivity contribution < 1.29 is 4.79 Å². The van der Waals surface area contributed by atoms with E-state index in [1.54, 1.807) is 0 Å². The minimum atomic E-state index is 0.00864. The summed E-state index contributed by atoms with van der Waals surface area (Å²) in [5.41, 5.74) is 1.90. The number of carbonyl (C=O) groups is 1. The van der Waals surface area contributed by atoms with Crippen molar-refractivity contribution in [2.24, 2.45) is 0 Å². The number of hydrogen-bond acceptors (Lipinski definition) is 2. The van der Waals surface area contributed by atoms with Crippen LogP contribution in [0.4, 0.5) is 0 Å². The highest BCUT2D eigenvalue weighted by atomic mass is 16.1. The molecule has 0 aliphatic carbocycles. The van der Waals surface area contributed by atoms with E-state index in [1.165, 1.54) is 31.2 Å². The van der Waals surface area contributed by atoms with Crippen LogP contribution in [0.5, 0.6) is 0 Å². The fourth-order valence-corrected chi connectivity index (χ4v) is 2.30. The Morgan fingerprint density at radius 1 is 1.05 bits per heavy atom. The third-order valence-electron chi connectivity index (χ3n) is 3.43. The van der Waals surface area contributed by atoms with Crippen molar-refractivity contribution in [3.8, 4) is 0 Å². The van der Waals surface area contributed by atoms with E-state index in [9.17, 15) is 4.79 Å². The second-order valence-electron chi connectivity index (χ2n) is 5.35. The summed E-state index contributed by atoms with van der Waals surface area (Å²) in [5.74, 6) is 0.00864. The van der Waals surface area contributed by atoms with Crippen LogP contribution in [0, 0.1) is 6.92 Å². The quantitative estimate of drug-likeness (QED) is 0.680. The summed E-state index contributed by atoms with van der Waals surface area (Å²) in [5, 5.41) is 6.48. The van der Waals surface area contributed by atoms with E-state index in [4.69, 9.17) is 0 Å². The van der Waals surface area contributed by atoms with Crippen molar-refractivity contribution in [2.75, 3.05) is 13.1 Å². The largest absolute Gasteiger partial charge is 0.351 e. The first-order valence-electron chi connectivity index (χ1n) is 7.75. The first-order valence-corrected chi connectivity index (χ1v) is 7.75. The van der Waals surface area contributed by atoms with Gasteiger partial charge in [-0.05, 0) is 31.9 Å². The van der Waals surface area contributed by atoms with E-state index in [0.717, 1.165) is 12.1 Å². The fraction of sp³-hybridized carbons (Fsp3) is 0.588. The number of nitrogens with one attached hydrogen (secondary N) is 2. The summed E-state index contributed by atoms with van der Waals surface area (Å²) >= 11 is 0. The van der Waals surface area contributed by atoms with Crippen LogP contribution in [0.25, 0.3) is 0 Å². The SMILES string of the molecule is CCCC(CCC)NCCNC(=O)c1ccc(C)cc1. The third kappa shape index (κ3) is 6.20. The predicted octanol–water partition coefficient (Wildman–Crippen LogP) is 3.28. The van der Waals surface area contributed by atoms with E-state index in [2.05, 4.69) is 24.5 Å². The van der Waals surface area contributed by atoms with E-state index in [1.807, 2.05) is 31.2 Å². The standard InChI is InChI=1S/C17H28N2O/c1-4-6-16(7-5-2)18-12-13-19-17(20)15-10-8-14(3)9-11-15/h8-11,16,18H,4-7,12-13H2,1-3H3,(H,19,20). The van der Waals surface area contributed by atoms with Gasteiger partial charge in [0.15, 0.2) is 0 Å². The summed E-state index contributed by atoms with van der Waals surface area (Å²) in [6.07, 6.45) is 4.82. The normalized spacial score (nSPS) is 10.8. The lowest BCUT2D eigenvalue weighted by molar-refractivity contribution is 0.0953. The Bertz CT molecular complexity index is 380. The van der Waals surface area contributed by atoms with E-state index < -0.39 is 0 Å². The van der Waals surface area contributed by atoms with Crippen LogP contribution in [0.3, 0.4) is 0 Å². The Labute approximate surface area is 123 Å². The van der Waals surface area contributed by atoms with E-state index in [0.29, 0.717) is 12.6 Å². The molecule has 0 spiro atoms. The van der Waals surface area contributed by atoms with Crippen molar-refractivity contribution in [2.45, 2.75) is 52.5 Å². The second-order valence-corrected chi connectivity index (χ2v) is 5.35. The highest BCUT2D eigenvalue weighted by molar-refractivity contribution is 5.94. The Kier molecular flexibility index (Phi) is 7.97. The van der Waals surface area contributed by atoms with Crippen LogP contribution in [0.15, 0.2) is 24.3 Å². The van der Waals surface area contributed by atoms with Gasteiger partial charge >= 0.3 is 0 Å². The molecule has 1 amide bonds. The zero-order valence-corrected chi connectivity index (χ0v) is 13.0. The lowest BCUT2D eigenvalue weighted by Crippen LogP contribution is -2.37. The van der Waals surface area contributed by atoms with Crippen LogP contribution < -0.4 is 10.6 Å². The lowest BCUT2D eigenvalue weighted by Gasteiger charge is -2.17. The number of rotatable bonds is 9. The number of carbonyl (C=O) groups excluding carboxylic acids is 1. The number of hydrogen-bond donors (Lipinski definition) is 2. The monoisotopic (exact) mass is 276 g/mol.